The SMILES string of the molecule is Fc1cccc(CSc2cccc3ccccc23)c1. The fourth-order valence-electron chi connectivity index (χ4n) is 2.11. The summed E-state index contributed by atoms with van der Waals surface area (Å²) in [5.74, 6) is 0.613. The van der Waals surface area contributed by atoms with Crippen LogP contribution in [-0.2, 0) is 5.75 Å². The minimum atomic E-state index is -0.170. The molecule has 2 heteroatoms. The molecule has 3 rings (SSSR count). The predicted molar refractivity (Wildman–Crippen MR) is 79.9 cm³/mol. The maximum Gasteiger partial charge on any atom is 0.123 e. The van der Waals surface area contributed by atoms with E-state index in [0.717, 1.165) is 11.3 Å². The molecule has 0 atom stereocenters. The highest BCUT2D eigenvalue weighted by atomic mass is 32.2. The summed E-state index contributed by atoms with van der Waals surface area (Å²) in [5, 5.41) is 2.50. The first kappa shape index (κ1) is 12.2. The molecule has 19 heavy (non-hydrogen) atoms. The van der Waals surface area contributed by atoms with Gasteiger partial charge >= 0.3 is 0 Å². The Morgan fingerprint density at radius 3 is 2.53 bits per heavy atom. The number of benzene rings is 3. The summed E-state index contributed by atoms with van der Waals surface area (Å²) in [6.45, 7) is 0. The van der Waals surface area contributed by atoms with E-state index in [4.69, 9.17) is 0 Å². The monoisotopic (exact) mass is 268 g/mol. The van der Waals surface area contributed by atoms with Gasteiger partial charge in [-0.2, -0.15) is 0 Å². The van der Waals surface area contributed by atoms with E-state index in [1.54, 1.807) is 23.9 Å². The van der Waals surface area contributed by atoms with Gasteiger partial charge in [0.15, 0.2) is 0 Å². The predicted octanol–water partition coefficient (Wildman–Crippen LogP) is 5.27. The number of rotatable bonds is 3. The summed E-state index contributed by atoms with van der Waals surface area (Å²) in [6.07, 6.45) is 0. The molecule has 0 nitrogen and oxygen atoms in total. The average molecular weight is 268 g/mol. The lowest BCUT2D eigenvalue weighted by Crippen LogP contribution is -1.83. The Hall–Kier alpha value is -1.80. The van der Waals surface area contributed by atoms with Crippen molar-refractivity contribution in [3.05, 3.63) is 78.1 Å². The van der Waals surface area contributed by atoms with Crippen molar-refractivity contribution >= 4 is 22.5 Å². The van der Waals surface area contributed by atoms with Crippen molar-refractivity contribution in [1.29, 1.82) is 0 Å². The molecule has 0 radical (unpaired) electrons. The highest BCUT2D eigenvalue weighted by Gasteiger charge is 2.02. The molecule has 0 N–H and O–H groups in total. The highest BCUT2D eigenvalue weighted by molar-refractivity contribution is 7.98. The van der Waals surface area contributed by atoms with E-state index in [-0.39, 0.29) is 5.82 Å². The molecule has 0 aliphatic heterocycles. The van der Waals surface area contributed by atoms with Crippen LogP contribution in [0, 0.1) is 5.82 Å². The van der Waals surface area contributed by atoms with Gasteiger partial charge < -0.3 is 0 Å². The van der Waals surface area contributed by atoms with E-state index in [1.807, 2.05) is 12.1 Å². The Balaban J connectivity index is 1.86. The second kappa shape index (κ2) is 5.45. The smallest absolute Gasteiger partial charge is 0.123 e. The largest absolute Gasteiger partial charge is 0.207 e. The minimum Gasteiger partial charge on any atom is -0.207 e. The van der Waals surface area contributed by atoms with Crippen LogP contribution in [0.3, 0.4) is 0 Å². The molecule has 0 spiro atoms. The maximum absolute atomic E-state index is 13.1. The van der Waals surface area contributed by atoms with Crippen molar-refractivity contribution in [3.63, 3.8) is 0 Å². The van der Waals surface area contributed by atoms with E-state index in [1.165, 1.54) is 21.7 Å². The van der Waals surface area contributed by atoms with E-state index in [0.29, 0.717) is 0 Å². The molecule has 3 aromatic rings. The van der Waals surface area contributed by atoms with Gasteiger partial charge in [-0.25, -0.2) is 4.39 Å². The summed E-state index contributed by atoms with van der Waals surface area (Å²) in [4.78, 5) is 1.24. The lowest BCUT2D eigenvalue weighted by Gasteiger charge is -2.06. The van der Waals surface area contributed by atoms with Crippen molar-refractivity contribution in [2.24, 2.45) is 0 Å². The van der Waals surface area contributed by atoms with Crippen molar-refractivity contribution in [2.45, 2.75) is 10.6 Å². The van der Waals surface area contributed by atoms with E-state index in [9.17, 15) is 4.39 Å². The Labute approximate surface area is 116 Å². The van der Waals surface area contributed by atoms with Crippen LogP contribution in [0.4, 0.5) is 4.39 Å². The number of thioether (sulfide) groups is 1. The Morgan fingerprint density at radius 2 is 1.63 bits per heavy atom. The molecule has 0 aliphatic carbocycles. The third-order valence-electron chi connectivity index (χ3n) is 3.03. The summed E-state index contributed by atoms with van der Waals surface area (Å²) < 4.78 is 13.1. The third kappa shape index (κ3) is 2.79. The van der Waals surface area contributed by atoms with Crippen LogP contribution in [-0.4, -0.2) is 0 Å². The Kier molecular flexibility index (Phi) is 3.51. The van der Waals surface area contributed by atoms with Crippen molar-refractivity contribution in [2.75, 3.05) is 0 Å². The molecule has 0 saturated carbocycles. The summed E-state index contributed by atoms with van der Waals surface area (Å²) in [6, 6.07) is 21.4. The molecular weight excluding hydrogens is 255 g/mol. The first-order valence-electron chi connectivity index (χ1n) is 6.18. The molecule has 94 valence electrons. The van der Waals surface area contributed by atoms with E-state index < -0.39 is 0 Å². The highest BCUT2D eigenvalue weighted by Crippen LogP contribution is 2.30. The lowest BCUT2D eigenvalue weighted by molar-refractivity contribution is 0.626. The third-order valence-corrected chi connectivity index (χ3v) is 4.18. The first-order valence-corrected chi connectivity index (χ1v) is 7.16. The molecule has 0 amide bonds. The van der Waals surface area contributed by atoms with Gasteiger partial charge in [0.05, 0.1) is 0 Å². The molecule has 0 saturated heterocycles. The van der Waals surface area contributed by atoms with Crippen LogP contribution in [0.2, 0.25) is 0 Å². The van der Waals surface area contributed by atoms with Gasteiger partial charge in [-0.05, 0) is 34.5 Å². The molecule has 0 unspecified atom stereocenters. The zero-order chi connectivity index (χ0) is 13.1. The Bertz CT molecular complexity index is 701. The number of halogens is 1. The minimum absolute atomic E-state index is 0.170. The van der Waals surface area contributed by atoms with Gasteiger partial charge in [0.25, 0.3) is 0 Å². The molecular formula is C17H13FS. The second-order valence-electron chi connectivity index (χ2n) is 4.40. The fourth-order valence-corrected chi connectivity index (χ4v) is 3.13. The van der Waals surface area contributed by atoms with Gasteiger partial charge in [-0.1, -0.05) is 48.5 Å². The Morgan fingerprint density at radius 1 is 0.842 bits per heavy atom. The van der Waals surface area contributed by atoms with Crippen LogP contribution in [0.25, 0.3) is 10.8 Å². The van der Waals surface area contributed by atoms with Crippen LogP contribution < -0.4 is 0 Å². The van der Waals surface area contributed by atoms with Gasteiger partial charge in [-0.15, -0.1) is 11.8 Å². The van der Waals surface area contributed by atoms with Crippen LogP contribution >= 0.6 is 11.8 Å². The standard InChI is InChI=1S/C17H13FS/c18-15-8-3-5-13(11-15)12-19-17-10-4-7-14-6-1-2-9-16(14)17/h1-11H,12H2. The second-order valence-corrected chi connectivity index (χ2v) is 5.41. The van der Waals surface area contributed by atoms with Crippen molar-refractivity contribution in [1.82, 2.24) is 0 Å². The summed E-state index contributed by atoms with van der Waals surface area (Å²) in [5.41, 5.74) is 1.01. The molecule has 0 aromatic heterocycles. The van der Waals surface area contributed by atoms with Gasteiger partial charge in [0.2, 0.25) is 0 Å². The molecule has 0 fully saturated rings. The van der Waals surface area contributed by atoms with Gasteiger partial charge in [0.1, 0.15) is 5.82 Å². The van der Waals surface area contributed by atoms with Crippen LogP contribution in [0.15, 0.2) is 71.6 Å². The van der Waals surface area contributed by atoms with E-state index in [2.05, 4.69) is 36.4 Å². The molecule has 3 aromatic carbocycles. The van der Waals surface area contributed by atoms with Crippen LogP contribution in [0.5, 0.6) is 0 Å². The fraction of sp³-hybridized carbons (Fsp3) is 0.0588. The number of hydrogen-bond acceptors (Lipinski definition) is 1. The summed E-state index contributed by atoms with van der Waals surface area (Å²) in [7, 11) is 0. The zero-order valence-corrected chi connectivity index (χ0v) is 11.2. The van der Waals surface area contributed by atoms with Gasteiger partial charge in [-0.3, -0.25) is 0 Å². The first-order chi connectivity index (χ1) is 9.33. The molecule has 0 bridgehead atoms. The van der Waals surface area contributed by atoms with E-state index >= 15 is 0 Å². The topological polar surface area (TPSA) is 0 Å². The van der Waals surface area contributed by atoms with Crippen LogP contribution in [0.1, 0.15) is 5.56 Å². The maximum atomic E-state index is 13.1. The average Bonchev–Trinajstić information content (AvgIpc) is 2.45. The lowest BCUT2D eigenvalue weighted by atomic mass is 10.1. The number of fused-ring (bicyclic) bond motifs is 1. The quantitative estimate of drug-likeness (QED) is 0.583. The molecule has 0 aliphatic rings. The number of hydrogen-bond donors (Lipinski definition) is 0. The van der Waals surface area contributed by atoms with Gasteiger partial charge in [0, 0.05) is 10.6 Å². The molecule has 0 heterocycles. The zero-order valence-electron chi connectivity index (χ0n) is 10.3. The normalized spacial score (nSPS) is 10.8. The summed E-state index contributed by atoms with van der Waals surface area (Å²) >= 11 is 1.75. The van der Waals surface area contributed by atoms with Crippen molar-refractivity contribution in [3.8, 4) is 0 Å². The van der Waals surface area contributed by atoms with Crippen molar-refractivity contribution < 1.29 is 4.39 Å².